The first-order valence-electron chi connectivity index (χ1n) is 8.61. The Bertz CT molecular complexity index is 1220. The predicted molar refractivity (Wildman–Crippen MR) is 112 cm³/mol. The number of rotatable bonds is 6. The molecule has 0 aliphatic rings. The Morgan fingerprint density at radius 2 is 1.97 bits per heavy atom. The van der Waals surface area contributed by atoms with Gasteiger partial charge in [-0.2, -0.15) is 0 Å². The van der Waals surface area contributed by atoms with Gasteiger partial charge in [0, 0.05) is 28.4 Å². The maximum absolute atomic E-state index is 13.0. The highest BCUT2D eigenvalue weighted by molar-refractivity contribution is 9.10. The normalized spacial score (nSPS) is 12.3. The number of imidazole rings is 1. The van der Waals surface area contributed by atoms with Crippen LogP contribution in [0, 0.1) is 0 Å². The summed E-state index contributed by atoms with van der Waals surface area (Å²) in [5.41, 5.74) is 1.06. The minimum absolute atomic E-state index is 0.0212. The van der Waals surface area contributed by atoms with Crippen LogP contribution in [0.2, 0.25) is 0 Å². The lowest BCUT2D eigenvalue weighted by Gasteiger charge is -2.12. The lowest BCUT2D eigenvalue weighted by molar-refractivity contribution is 0.0698. The van der Waals surface area contributed by atoms with Crippen molar-refractivity contribution >= 4 is 43.6 Å². The number of fused-ring (bicyclic) bond motifs is 1. The molecule has 9 heteroatoms. The van der Waals surface area contributed by atoms with Crippen molar-refractivity contribution in [2.24, 2.45) is 0 Å². The highest BCUT2D eigenvalue weighted by Crippen LogP contribution is 2.35. The molecule has 0 aliphatic heterocycles. The third-order valence-electron chi connectivity index (χ3n) is 4.59. The lowest BCUT2D eigenvalue weighted by Crippen LogP contribution is -2.13. The van der Waals surface area contributed by atoms with Gasteiger partial charge in [-0.15, -0.1) is 0 Å². The number of hydrogen-bond donors (Lipinski definition) is 2. The molecule has 0 bridgehead atoms. The zero-order valence-electron chi connectivity index (χ0n) is 15.0. The second kappa shape index (κ2) is 7.84. The Kier molecular flexibility index (Phi) is 5.25. The summed E-state index contributed by atoms with van der Waals surface area (Å²) in [6.45, 7) is 0.294. The first-order valence-corrected chi connectivity index (χ1v) is 10.7. The molecule has 0 aliphatic carbocycles. The van der Waals surface area contributed by atoms with Gasteiger partial charge in [-0.3, -0.25) is 4.21 Å². The number of carboxylic acid groups (broad SMARTS) is 1. The van der Waals surface area contributed by atoms with Gasteiger partial charge in [0.15, 0.2) is 0 Å². The summed E-state index contributed by atoms with van der Waals surface area (Å²) in [5, 5.41) is 20.4. The van der Waals surface area contributed by atoms with E-state index in [1.165, 1.54) is 6.07 Å². The van der Waals surface area contributed by atoms with Gasteiger partial charge in [-0.05, 0) is 40.2 Å². The van der Waals surface area contributed by atoms with Gasteiger partial charge < -0.3 is 19.3 Å². The summed E-state index contributed by atoms with van der Waals surface area (Å²) < 4.78 is 17.0. The number of carboxylic acids is 1. The van der Waals surface area contributed by atoms with Gasteiger partial charge in [-0.1, -0.05) is 18.2 Å². The van der Waals surface area contributed by atoms with Crippen LogP contribution in [0.15, 0.2) is 70.6 Å². The molecule has 7 nitrogen and oxygen atoms in total. The molecule has 2 aromatic carbocycles. The third-order valence-corrected chi connectivity index (χ3v) is 6.56. The number of halogens is 1. The average molecular weight is 474 g/mol. The number of hydrogen-bond acceptors (Lipinski definition) is 4. The molecule has 4 aromatic rings. The Morgan fingerprint density at radius 3 is 2.62 bits per heavy atom. The van der Waals surface area contributed by atoms with Crippen LogP contribution in [-0.2, 0) is 23.2 Å². The van der Waals surface area contributed by atoms with Gasteiger partial charge >= 0.3 is 5.97 Å². The standard InChI is InChI=1S/C20H16BrN3O4S/c21-15-9-16-14(8-18(15)25)19(20(26)27)17(24(16)12-23-7-6-22-11-23)10-29(28)13-4-2-1-3-5-13/h1-9,11,25H,10,12H2,(H,26,27). The molecule has 4 rings (SSSR count). The van der Waals surface area contributed by atoms with Gasteiger partial charge in [0.2, 0.25) is 0 Å². The molecule has 0 spiro atoms. The summed E-state index contributed by atoms with van der Waals surface area (Å²) in [6, 6.07) is 12.0. The topological polar surface area (TPSA) is 97.3 Å². The molecule has 0 radical (unpaired) electrons. The summed E-state index contributed by atoms with van der Waals surface area (Å²) in [6.07, 6.45) is 5.02. The molecule has 0 saturated heterocycles. The zero-order valence-corrected chi connectivity index (χ0v) is 17.4. The van der Waals surface area contributed by atoms with Crippen LogP contribution in [0.4, 0.5) is 0 Å². The Balaban J connectivity index is 1.93. The largest absolute Gasteiger partial charge is 0.507 e. The highest BCUT2D eigenvalue weighted by atomic mass is 79.9. The van der Waals surface area contributed by atoms with E-state index in [1.807, 2.05) is 6.07 Å². The second-order valence-electron chi connectivity index (χ2n) is 6.40. The van der Waals surface area contributed by atoms with Crippen LogP contribution < -0.4 is 0 Å². The number of aromatic hydroxyl groups is 1. The van der Waals surface area contributed by atoms with Crippen molar-refractivity contribution in [2.75, 3.05) is 0 Å². The maximum atomic E-state index is 13.0. The number of benzene rings is 2. The van der Waals surface area contributed by atoms with Crippen molar-refractivity contribution in [1.82, 2.24) is 14.1 Å². The van der Waals surface area contributed by atoms with E-state index in [0.717, 1.165) is 0 Å². The number of aromatic nitrogens is 3. The Labute approximate surface area is 176 Å². The van der Waals surface area contributed by atoms with E-state index >= 15 is 0 Å². The Hall–Kier alpha value is -2.91. The van der Waals surface area contributed by atoms with E-state index in [4.69, 9.17) is 0 Å². The number of phenols is 1. The maximum Gasteiger partial charge on any atom is 0.338 e. The van der Waals surface area contributed by atoms with Gasteiger partial charge in [0.05, 0.1) is 38.4 Å². The van der Waals surface area contributed by atoms with Gasteiger partial charge in [0.1, 0.15) is 12.4 Å². The molecule has 0 amide bonds. The van der Waals surface area contributed by atoms with E-state index in [1.54, 1.807) is 58.2 Å². The summed E-state index contributed by atoms with van der Waals surface area (Å²) in [7, 11) is -1.44. The van der Waals surface area contributed by atoms with Gasteiger partial charge in [-0.25, -0.2) is 9.78 Å². The van der Waals surface area contributed by atoms with Crippen molar-refractivity contribution in [3.63, 3.8) is 0 Å². The number of aromatic carboxylic acids is 1. The lowest BCUT2D eigenvalue weighted by atomic mass is 10.1. The molecular formula is C20H16BrN3O4S. The van der Waals surface area contributed by atoms with Crippen LogP contribution in [0.5, 0.6) is 5.75 Å². The Morgan fingerprint density at radius 1 is 1.21 bits per heavy atom. The van der Waals surface area contributed by atoms with Crippen molar-refractivity contribution in [3.8, 4) is 5.75 Å². The van der Waals surface area contributed by atoms with E-state index in [0.29, 0.717) is 32.6 Å². The fourth-order valence-electron chi connectivity index (χ4n) is 3.27. The van der Waals surface area contributed by atoms with Crippen LogP contribution in [-0.4, -0.2) is 34.5 Å². The van der Waals surface area contributed by atoms with Crippen molar-refractivity contribution in [2.45, 2.75) is 17.3 Å². The van der Waals surface area contributed by atoms with Crippen molar-refractivity contribution < 1.29 is 19.2 Å². The molecule has 0 saturated carbocycles. The molecule has 1 unspecified atom stereocenters. The van der Waals surface area contributed by atoms with Crippen molar-refractivity contribution in [3.05, 3.63) is 76.9 Å². The second-order valence-corrected chi connectivity index (χ2v) is 8.70. The van der Waals surface area contributed by atoms with Crippen LogP contribution in [0.3, 0.4) is 0 Å². The average Bonchev–Trinajstić information content (AvgIpc) is 3.31. The molecule has 2 heterocycles. The minimum Gasteiger partial charge on any atom is -0.507 e. The quantitative estimate of drug-likeness (QED) is 0.443. The first-order chi connectivity index (χ1) is 14.0. The predicted octanol–water partition coefficient (Wildman–Crippen LogP) is 3.82. The fraction of sp³-hybridized carbons (Fsp3) is 0.100. The number of phenolic OH excluding ortho intramolecular Hbond substituents is 1. The molecule has 2 N–H and O–H groups in total. The third kappa shape index (κ3) is 3.70. The van der Waals surface area contributed by atoms with E-state index in [2.05, 4.69) is 20.9 Å². The molecule has 2 aromatic heterocycles. The van der Waals surface area contributed by atoms with Crippen molar-refractivity contribution in [1.29, 1.82) is 0 Å². The SMILES string of the molecule is O=C(O)c1c(CS(=O)c2ccccc2)n(Cn2ccnc2)c2cc(Br)c(O)cc12. The number of carbonyl (C=O) groups is 1. The molecule has 0 fully saturated rings. The molecule has 1 atom stereocenters. The molecular weight excluding hydrogens is 458 g/mol. The highest BCUT2D eigenvalue weighted by Gasteiger charge is 2.25. The number of nitrogens with zero attached hydrogens (tertiary/aromatic N) is 3. The van der Waals surface area contributed by atoms with Gasteiger partial charge in [0.25, 0.3) is 0 Å². The minimum atomic E-state index is -1.44. The van der Waals surface area contributed by atoms with E-state index < -0.39 is 16.8 Å². The molecule has 29 heavy (non-hydrogen) atoms. The first kappa shape index (κ1) is 19.4. The fourth-order valence-corrected chi connectivity index (χ4v) is 4.78. The zero-order chi connectivity index (χ0) is 20.5. The smallest absolute Gasteiger partial charge is 0.338 e. The summed E-state index contributed by atoms with van der Waals surface area (Å²) in [5.74, 6) is -1.18. The monoisotopic (exact) mass is 473 g/mol. The van der Waals surface area contributed by atoms with Crippen LogP contribution >= 0.6 is 15.9 Å². The van der Waals surface area contributed by atoms with Crippen LogP contribution in [0.25, 0.3) is 10.9 Å². The molecule has 148 valence electrons. The summed E-state index contributed by atoms with van der Waals surface area (Å²) in [4.78, 5) is 16.8. The van der Waals surface area contributed by atoms with Crippen LogP contribution in [0.1, 0.15) is 16.1 Å². The summed E-state index contributed by atoms with van der Waals surface area (Å²) >= 11 is 3.30. The van der Waals surface area contributed by atoms with E-state index in [9.17, 15) is 19.2 Å². The van der Waals surface area contributed by atoms with E-state index in [-0.39, 0.29) is 17.1 Å².